The normalized spacial score (nSPS) is 15.6. The molecule has 0 heterocycles. The molecular weight excluding hydrogens is 248 g/mol. The summed E-state index contributed by atoms with van der Waals surface area (Å²) in [7, 11) is 0. The molecule has 0 aromatic rings. The van der Waals surface area contributed by atoms with E-state index >= 15 is 0 Å². The Morgan fingerprint density at radius 3 is 1.67 bits per heavy atom. The van der Waals surface area contributed by atoms with Crippen LogP contribution in [0.3, 0.4) is 0 Å². The van der Waals surface area contributed by atoms with Gasteiger partial charge in [0.25, 0.3) is 0 Å². The Bertz CT molecular complexity index is 131. The van der Waals surface area contributed by atoms with Crippen LogP contribution in [0.25, 0.3) is 0 Å². The zero-order valence-electron chi connectivity index (χ0n) is 11.1. The van der Waals surface area contributed by atoms with Gasteiger partial charge in [-0.15, -0.1) is 0 Å². The highest BCUT2D eigenvalue weighted by atomic mass is 79.9. The second kappa shape index (κ2) is 9.69. The van der Waals surface area contributed by atoms with E-state index in [1.807, 2.05) is 0 Å². The summed E-state index contributed by atoms with van der Waals surface area (Å²) in [6.07, 6.45) is 8.49. The van der Waals surface area contributed by atoms with Crippen LogP contribution in [0.2, 0.25) is 0 Å². The van der Waals surface area contributed by atoms with E-state index in [2.05, 4.69) is 43.6 Å². The van der Waals surface area contributed by atoms with Crippen molar-refractivity contribution >= 4 is 15.9 Å². The minimum Gasteiger partial charge on any atom is -0.0925 e. The lowest BCUT2D eigenvalue weighted by molar-refractivity contribution is 0.409. The summed E-state index contributed by atoms with van der Waals surface area (Å²) in [6.45, 7) is 9.39. The minimum atomic E-state index is 0.855. The van der Waals surface area contributed by atoms with Gasteiger partial charge in [-0.3, -0.25) is 0 Å². The Kier molecular flexibility index (Phi) is 10.00. The van der Waals surface area contributed by atoms with Crippen molar-refractivity contribution in [3.63, 3.8) is 0 Å². The van der Waals surface area contributed by atoms with Crippen LogP contribution in [0.4, 0.5) is 0 Å². The number of hydrogen-bond donors (Lipinski definition) is 0. The van der Waals surface area contributed by atoms with Gasteiger partial charge in [0.05, 0.1) is 0 Å². The van der Waals surface area contributed by atoms with E-state index in [-0.39, 0.29) is 0 Å². The highest BCUT2D eigenvalue weighted by Gasteiger charge is 2.05. The molecule has 0 saturated heterocycles. The van der Waals surface area contributed by atoms with Crippen molar-refractivity contribution in [2.24, 2.45) is 17.8 Å². The van der Waals surface area contributed by atoms with Crippen LogP contribution in [0.15, 0.2) is 0 Å². The smallest absolute Gasteiger partial charge is 0.00570 e. The molecule has 0 aliphatic carbocycles. The van der Waals surface area contributed by atoms with E-state index in [4.69, 9.17) is 0 Å². The molecule has 0 nitrogen and oxygen atoms in total. The molecule has 0 unspecified atom stereocenters. The molecule has 0 aromatic heterocycles. The number of hydrogen-bond acceptors (Lipinski definition) is 0. The van der Waals surface area contributed by atoms with Crippen LogP contribution >= 0.6 is 15.9 Å². The zero-order valence-corrected chi connectivity index (χ0v) is 12.6. The van der Waals surface area contributed by atoms with Gasteiger partial charge >= 0.3 is 0 Å². The molecule has 0 saturated carbocycles. The van der Waals surface area contributed by atoms with Crippen molar-refractivity contribution in [2.45, 2.75) is 66.2 Å². The monoisotopic (exact) mass is 276 g/mol. The molecule has 92 valence electrons. The maximum atomic E-state index is 3.54. The maximum Gasteiger partial charge on any atom is 0.00570 e. The lowest BCUT2D eigenvalue weighted by Gasteiger charge is -2.13. The van der Waals surface area contributed by atoms with Gasteiger partial charge in [-0.05, 0) is 24.2 Å². The molecule has 15 heavy (non-hydrogen) atoms. The molecule has 0 radical (unpaired) electrons. The Morgan fingerprint density at radius 2 is 1.20 bits per heavy atom. The summed E-state index contributed by atoms with van der Waals surface area (Å²) in [5.74, 6) is 2.67. The average molecular weight is 277 g/mol. The topological polar surface area (TPSA) is 0 Å². The van der Waals surface area contributed by atoms with Crippen LogP contribution in [-0.4, -0.2) is 5.33 Å². The number of alkyl halides is 1. The van der Waals surface area contributed by atoms with Gasteiger partial charge in [0, 0.05) is 5.33 Å². The highest BCUT2D eigenvalue weighted by Crippen LogP contribution is 2.19. The second-order valence-corrected chi connectivity index (χ2v) is 6.27. The standard InChI is InChI=1S/C14H29Br/c1-12(2)7-5-8-13(3)9-6-10-14(4)11-15/h12-14H,5-11H2,1-4H3/t13-,14-/m1/s1. The first-order valence-corrected chi connectivity index (χ1v) is 7.74. The molecule has 1 heteroatoms. The predicted octanol–water partition coefficient (Wildman–Crippen LogP) is 5.65. The lowest BCUT2D eigenvalue weighted by Crippen LogP contribution is -2.00. The van der Waals surface area contributed by atoms with Crippen molar-refractivity contribution in [3.8, 4) is 0 Å². The van der Waals surface area contributed by atoms with Gasteiger partial charge in [-0.1, -0.05) is 75.7 Å². The SMILES string of the molecule is CC(C)CCC[C@@H](C)CCC[C@@H](C)CBr. The molecular formula is C14H29Br. The van der Waals surface area contributed by atoms with E-state index in [1.165, 1.54) is 38.5 Å². The minimum absolute atomic E-state index is 0.855. The van der Waals surface area contributed by atoms with E-state index < -0.39 is 0 Å². The first kappa shape index (κ1) is 15.5. The van der Waals surface area contributed by atoms with Crippen LogP contribution in [0, 0.1) is 17.8 Å². The lowest BCUT2D eigenvalue weighted by atomic mass is 9.94. The van der Waals surface area contributed by atoms with Gasteiger partial charge in [0.2, 0.25) is 0 Å². The molecule has 0 N–H and O–H groups in total. The molecule has 0 aliphatic rings. The van der Waals surface area contributed by atoms with Gasteiger partial charge in [-0.2, -0.15) is 0 Å². The van der Waals surface area contributed by atoms with Gasteiger partial charge < -0.3 is 0 Å². The predicted molar refractivity (Wildman–Crippen MR) is 74.7 cm³/mol. The average Bonchev–Trinajstić information content (AvgIpc) is 2.17. The summed E-state index contributed by atoms with van der Waals surface area (Å²) in [5.41, 5.74) is 0. The molecule has 0 rings (SSSR count). The van der Waals surface area contributed by atoms with Crippen molar-refractivity contribution in [2.75, 3.05) is 5.33 Å². The summed E-state index contributed by atoms with van der Waals surface area (Å²) >= 11 is 3.54. The second-order valence-electron chi connectivity index (χ2n) is 5.62. The largest absolute Gasteiger partial charge is 0.0925 e. The van der Waals surface area contributed by atoms with Gasteiger partial charge in [0.1, 0.15) is 0 Å². The molecule has 0 spiro atoms. The van der Waals surface area contributed by atoms with E-state index in [0.29, 0.717) is 0 Å². The maximum absolute atomic E-state index is 3.54. The Morgan fingerprint density at radius 1 is 0.733 bits per heavy atom. The van der Waals surface area contributed by atoms with Crippen molar-refractivity contribution in [1.82, 2.24) is 0 Å². The van der Waals surface area contributed by atoms with Crippen LogP contribution < -0.4 is 0 Å². The summed E-state index contributed by atoms with van der Waals surface area (Å²) in [6, 6.07) is 0. The van der Waals surface area contributed by atoms with E-state index in [9.17, 15) is 0 Å². The van der Waals surface area contributed by atoms with Crippen LogP contribution in [0.1, 0.15) is 66.2 Å². The summed E-state index contributed by atoms with van der Waals surface area (Å²) in [4.78, 5) is 0. The zero-order chi connectivity index (χ0) is 11.7. The van der Waals surface area contributed by atoms with E-state index in [1.54, 1.807) is 0 Å². The fourth-order valence-corrected chi connectivity index (χ4v) is 2.23. The van der Waals surface area contributed by atoms with Gasteiger partial charge in [-0.25, -0.2) is 0 Å². The van der Waals surface area contributed by atoms with Crippen molar-refractivity contribution in [3.05, 3.63) is 0 Å². The molecule has 0 amide bonds. The molecule has 0 aliphatic heterocycles. The first-order chi connectivity index (χ1) is 7.06. The summed E-state index contributed by atoms with van der Waals surface area (Å²) < 4.78 is 0. The van der Waals surface area contributed by atoms with E-state index in [0.717, 1.165) is 23.1 Å². The fourth-order valence-electron chi connectivity index (χ4n) is 1.91. The third kappa shape index (κ3) is 10.8. The fraction of sp³-hybridized carbons (Fsp3) is 1.00. The molecule has 0 bridgehead atoms. The Labute approximate surface area is 105 Å². The highest BCUT2D eigenvalue weighted by molar-refractivity contribution is 9.09. The molecule has 2 atom stereocenters. The third-order valence-electron chi connectivity index (χ3n) is 3.14. The number of rotatable bonds is 9. The molecule has 0 aromatic carbocycles. The molecule has 0 fully saturated rings. The number of halogens is 1. The van der Waals surface area contributed by atoms with Crippen molar-refractivity contribution < 1.29 is 0 Å². The van der Waals surface area contributed by atoms with Gasteiger partial charge in [0.15, 0.2) is 0 Å². The summed E-state index contributed by atoms with van der Waals surface area (Å²) in [5, 5.41) is 1.16. The first-order valence-electron chi connectivity index (χ1n) is 6.62. The quantitative estimate of drug-likeness (QED) is 0.478. The Balaban J connectivity index is 3.29. The van der Waals surface area contributed by atoms with Crippen molar-refractivity contribution in [1.29, 1.82) is 0 Å². The van der Waals surface area contributed by atoms with Crippen LogP contribution in [-0.2, 0) is 0 Å². The van der Waals surface area contributed by atoms with Crippen LogP contribution in [0.5, 0.6) is 0 Å². The third-order valence-corrected chi connectivity index (χ3v) is 4.24. The Hall–Kier alpha value is 0.480.